The van der Waals surface area contributed by atoms with Gasteiger partial charge in [-0.25, -0.2) is 9.80 Å². The Hall–Kier alpha value is -1.30. The summed E-state index contributed by atoms with van der Waals surface area (Å²) in [6, 6.07) is 0. The summed E-state index contributed by atoms with van der Waals surface area (Å²) in [5.41, 5.74) is 2.25. The van der Waals surface area contributed by atoms with Gasteiger partial charge in [0.05, 0.1) is 0 Å². The second-order valence-electron chi connectivity index (χ2n) is 2.91. The summed E-state index contributed by atoms with van der Waals surface area (Å²) in [4.78, 5) is 22.8. The van der Waals surface area contributed by atoms with E-state index in [0.29, 0.717) is 26.2 Å². The fraction of sp³-hybridized carbons (Fsp3) is 0.714. The quantitative estimate of drug-likeness (QED) is 0.571. The summed E-state index contributed by atoms with van der Waals surface area (Å²) in [6.45, 7) is 3.77. The first-order chi connectivity index (χ1) is 6.09. The van der Waals surface area contributed by atoms with Crippen LogP contribution in [0.1, 0.15) is 6.92 Å². The lowest BCUT2D eigenvalue weighted by atomic mass is 10.3. The number of carboxylic acid groups (broad SMARTS) is 1. The Morgan fingerprint density at radius 2 is 1.77 bits per heavy atom. The fourth-order valence-electron chi connectivity index (χ4n) is 1.27. The first-order valence-electron chi connectivity index (χ1n) is 4.09. The van der Waals surface area contributed by atoms with Crippen LogP contribution in [0.25, 0.3) is 0 Å². The molecule has 0 aromatic heterocycles. The number of carbonyl (C=O) groups is 2. The summed E-state index contributed by atoms with van der Waals surface area (Å²) in [7, 11) is 0. The van der Waals surface area contributed by atoms with Gasteiger partial charge in [0.25, 0.3) is 0 Å². The van der Waals surface area contributed by atoms with Crippen molar-refractivity contribution >= 4 is 12.0 Å². The highest BCUT2D eigenvalue weighted by Gasteiger charge is 2.18. The van der Waals surface area contributed by atoms with Crippen LogP contribution < -0.4 is 5.43 Å². The molecular formula is C7H13N3O3. The van der Waals surface area contributed by atoms with Crippen molar-refractivity contribution < 1.29 is 14.7 Å². The predicted octanol–water partition coefficient (Wildman–Crippen LogP) is -0.667. The number of piperazine rings is 1. The zero-order chi connectivity index (χ0) is 9.84. The van der Waals surface area contributed by atoms with E-state index >= 15 is 0 Å². The van der Waals surface area contributed by atoms with Gasteiger partial charge in [0.15, 0.2) is 0 Å². The van der Waals surface area contributed by atoms with Crippen molar-refractivity contribution in [3.8, 4) is 0 Å². The maximum Gasteiger partial charge on any atom is 0.419 e. The Morgan fingerprint density at radius 3 is 2.15 bits per heavy atom. The van der Waals surface area contributed by atoms with E-state index in [0.717, 1.165) is 0 Å². The lowest BCUT2D eigenvalue weighted by Gasteiger charge is -2.33. The summed E-state index contributed by atoms with van der Waals surface area (Å²) in [5.74, 6) is 0.0370. The second-order valence-corrected chi connectivity index (χ2v) is 2.91. The van der Waals surface area contributed by atoms with Gasteiger partial charge in [0, 0.05) is 33.1 Å². The van der Waals surface area contributed by atoms with Gasteiger partial charge in [-0.05, 0) is 0 Å². The minimum atomic E-state index is -1.06. The minimum absolute atomic E-state index is 0.0370. The monoisotopic (exact) mass is 187 g/mol. The average Bonchev–Trinajstić information content (AvgIpc) is 2.04. The van der Waals surface area contributed by atoms with E-state index in [9.17, 15) is 9.59 Å². The molecule has 1 aliphatic heterocycles. The standard InChI is InChI=1S/C7H13N3O3/c1-6(11)9-2-4-10(5-3-9)8-7(12)13/h8H,2-5H2,1H3,(H,12,13). The molecule has 0 aliphatic carbocycles. The number of nitrogens with one attached hydrogen (secondary N) is 1. The first kappa shape index (κ1) is 9.79. The zero-order valence-electron chi connectivity index (χ0n) is 7.49. The van der Waals surface area contributed by atoms with E-state index in [-0.39, 0.29) is 5.91 Å². The molecule has 0 saturated carbocycles. The zero-order valence-corrected chi connectivity index (χ0v) is 7.49. The molecular weight excluding hydrogens is 174 g/mol. The van der Waals surface area contributed by atoms with Gasteiger partial charge in [-0.2, -0.15) is 0 Å². The molecule has 6 nitrogen and oxygen atoms in total. The number of carbonyl (C=O) groups excluding carboxylic acids is 1. The second kappa shape index (κ2) is 4.08. The summed E-state index contributed by atoms with van der Waals surface area (Å²) in [6.07, 6.45) is -1.06. The van der Waals surface area contributed by atoms with E-state index in [1.54, 1.807) is 9.91 Å². The molecule has 6 heteroatoms. The molecule has 1 rings (SSSR count). The number of hydrazine groups is 1. The number of rotatable bonds is 1. The van der Waals surface area contributed by atoms with E-state index < -0.39 is 6.09 Å². The van der Waals surface area contributed by atoms with Crippen molar-refractivity contribution in [2.45, 2.75) is 6.92 Å². The fourth-order valence-corrected chi connectivity index (χ4v) is 1.27. The van der Waals surface area contributed by atoms with Gasteiger partial charge < -0.3 is 10.0 Å². The molecule has 74 valence electrons. The Labute approximate surface area is 76.1 Å². The van der Waals surface area contributed by atoms with Gasteiger partial charge in [0.2, 0.25) is 5.91 Å². The molecule has 2 N–H and O–H groups in total. The van der Waals surface area contributed by atoms with Crippen LogP contribution in [0.2, 0.25) is 0 Å². The minimum Gasteiger partial charge on any atom is -0.464 e. The van der Waals surface area contributed by atoms with Crippen LogP contribution in [0, 0.1) is 0 Å². The van der Waals surface area contributed by atoms with E-state index in [1.807, 2.05) is 0 Å². The van der Waals surface area contributed by atoms with Gasteiger partial charge >= 0.3 is 6.09 Å². The molecule has 0 unspecified atom stereocenters. The lowest BCUT2D eigenvalue weighted by Crippen LogP contribution is -2.54. The van der Waals surface area contributed by atoms with Crippen LogP contribution in [-0.2, 0) is 4.79 Å². The van der Waals surface area contributed by atoms with Crippen molar-refractivity contribution in [2.24, 2.45) is 0 Å². The van der Waals surface area contributed by atoms with Crippen molar-refractivity contribution in [3.63, 3.8) is 0 Å². The molecule has 0 aromatic rings. The highest BCUT2D eigenvalue weighted by Crippen LogP contribution is 1.98. The molecule has 0 bridgehead atoms. The Kier molecular flexibility index (Phi) is 3.07. The van der Waals surface area contributed by atoms with Gasteiger partial charge in [-0.15, -0.1) is 0 Å². The SMILES string of the molecule is CC(=O)N1CCN(NC(=O)O)CC1. The number of nitrogens with zero attached hydrogens (tertiary/aromatic N) is 2. The third-order valence-corrected chi connectivity index (χ3v) is 1.98. The highest BCUT2D eigenvalue weighted by molar-refractivity contribution is 5.73. The van der Waals surface area contributed by atoms with Crippen LogP contribution in [0.4, 0.5) is 4.79 Å². The molecule has 0 radical (unpaired) electrons. The average molecular weight is 187 g/mol. The summed E-state index contributed by atoms with van der Waals surface area (Å²) in [5, 5.41) is 9.99. The predicted molar refractivity (Wildman–Crippen MR) is 45.0 cm³/mol. The molecule has 1 fully saturated rings. The third kappa shape index (κ3) is 2.90. The lowest BCUT2D eigenvalue weighted by molar-refractivity contribution is -0.130. The third-order valence-electron chi connectivity index (χ3n) is 1.98. The molecule has 1 heterocycles. The normalized spacial score (nSPS) is 18.4. The number of amides is 2. The summed E-state index contributed by atoms with van der Waals surface area (Å²) >= 11 is 0. The highest BCUT2D eigenvalue weighted by atomic mass is 16.4. The van der Waals surface area contributed by atoms with Crippen LogP contribution in [0.3, 0.4) is 0 Å². The molecule has 0 aromatic carbocycles. The van der Waals surface area contributed by atoms with Crippen LogP contribution in [0.5, 0.6) is 0 Å². The van der Waals surface area contributed by atoms with Crippen LogP contribution in [0.15, 0.2) is 0 Å². The van der Waals surface area contributed by atoms with Crippen LogP contribution >= 0.6 is 0 Å². The molecule has 1 saturated heterocycles. The molecule has 0 atom stereocenters. The topological polar surface area (TPSA) is 72.9 Å². The Bertz CT molecular complexity index is 211. The van der Waals surface area contributed by atoms with Crippen molar-refractivity contribution in [1.29, 1.82) is 0 Å². The van der Waals surface area contributed by atoms with Crippen molar-refractivity contribution in [3.05, 3.63) is 0 Å². The van der Waals surface area contributed by atoms with Gasteiger partial charge in [-0.3, -0.25) is 10.2 Å². The van der Waals surface area contributed by atoms with Gasteiger partial charge in [0.1, 0.15) is 0 Å². The first-order valence-corrected chi connectivity index (χ1v) is 4.09. The van der Waals surface area contributed by atoms with E-state index in [4.69, 9.17) is 5.11 Å². The number of hydrogen-bond donors (Lipinski definition) is 2. The number of hydrogen-bond acceptors (Lipinski definition) is 3. The Balaban J connectivity index is 2.30. The summed E-state index contributed by atoms with van der Waals surface area (Å²) < 4.78 is 0. The van der Waals surface area contributed by atoms with Crippen molar-refractivity contribution in [1.82, 2.24) is 15.3 Å². The smallest absolute Gasteiger partial charge is 0.419 e. The molecule has 0 spiro atoms. The maximum absolute atomic E-state index is 10.9. The Morgan fingerprint density at radius 1 is 1.23 bits per heavy atom. The molecule has 13 heavy (non-hydrogen) atoms. The largest absolute Gasteiger partial charge is 0.464 e. The van der Waals surface area contributed by atoms with Crippen LogP contribution in [-0.4, -0.2) is 53.2 Å². The molecule has 2 amide bonds. The van der Waals surface area contributed by atoms with Crippen molar-refractivity contribution in [2.75, 3.05) is 26.2 Å². The van der Waals surface area contributed by atoms with E-state index in [1.165, 1.54) is 6.92 Å². The van der Waals surface area contributed by atoms with Gasteiger partial charge in [-0.1, -0.05) is 0 Å². The van der Waals surface area contributed by atoms with E-state index in [2.05, 4.69) is 5.43 Å². The molecule has 1 aliphatic rings. The maximum atomic E-state index is 10.9.